The molecule has 4 aliphatic heterocycles. The average Bonchev–Trinajstić information content (AvgIpc) is 3.69. The van der Waals surface area contributed by atoms with Crippen LogP contribution in [0.5, 0.6) is 23.0 Å². The molecule has 0 saturated carbocycles. The molecule has 0 spiro atoms. The standard InChI is InChI=1S/C29H38N6O4.C28H36N6O4.C2H6.CH3NO2/c1-20-5-6-23(17-21(20)2)30-22(3)31-28-24-18-27(39-16-9-34-7-12-37-13-8-34)26(36-4)19-25(24)32-29(33-28)35-10-14-38-15-11-35;1-20-5-4-6-22(17-20)29-21(2)30-27-23-18-26(38-16-9-33-7-12-36-13-8-33)25(35-3)19-24(23)31-28(32-27)34-10-14-37-15-11-34;1-2;1-2(3)4/h5-6,17-19,30H,3,7-16H2,1-2,4H3,(H,31,32,33);4-6,17-19,29H,2,7-16H2,1,3H3,(H,30,31,32);1-2H3;1H3. The molecule has 83 heavy (non-hydrogen) atoms. The highest BCUT2D eigenvalue weighted by Gasteiger charge is 2.22. The third kappa shape index (κ3) is 18.9. The van der Waals surface area contributed by atoms with E-state index >= 15 is 0 Å². The van der Waals surface area contributed by atoms with Crippen molar-refractivity contribution in [1.29, 1.82) is 0 Å². The molecule has 4 fully saturated rings. The van der Waals surface area contributed by atoms with Crippen molar-refractivity contribution < 1.29 is 42.8 Å². The van der Waals surface area contributed by atoms with E-state index in [0.717, 1.165) is 138 Å². The fourth-order valence-corrected chi connectivity index (χ4v) is 9.25. The lowest BCUT2D eigenvalue weighted by molar-refractivity contribution is -0.445. The Balaban J connectivity index is 0.000000218. The lowest BCUT2D eigenvalue weighted by Crippen LogP contribution is -2.38. The third-order valence-electron chi connectivity index (χ3n) is 13.7. The second-order valence-electron chi connectivity index (χ2n) is 19.7. The van der Waals surface area contributed by atoms with Gasteiger partial charge in [-0.25, -0.2) is 9.97 Å². The summed E-state index contributed by atoms with van der Waals surface area (Å²) < 4.78 is 45.8. The van der Waals surface area contributed by atoms with Gasteiger partial charge in [-0.2, -0.15) is 9.97 Å². The maximum Gasteiger partial charge on any atom is 0.228 e. The van der Waals surface area contributed by atoms with Crippen LogP contribution in [-0.2, 0) is 18.9 Å². The Bertz CT molecular complexity index is 3070. The Morgan fingerprint density at radius 3 is 1.36 bits per heavy atom. The minimum atomic E-state index is -0.500. The number of hydrogen-bond acceptors (Lipinski definition) is 22. The van der Waals surface area contributed by atoms with Crippen molar-refractivity contribution in [3.8, 4) is 23.0 Å². The molecule has 10 rings (SSSR count). The quantitative estimate of drug-likeness (QED) is 0.0417. The minimum absolute atomic E-state index is 0.500. The number of nitro groups is 1. The summed E-state index contributed by atoms with van der Waals surface area (Å²) >= 11 is 0. The van der Waals surface area contributed by atoms with Gasteiger partial charge < -0.3 is 69.0 Å². The van der Waals surface area contributed by atoms with Crippen molar-refractivity contribution in [1.82, 2.24) is 29.7 Å². The van der Waals surface area contributed by atoms with Crippen molar-refractivity contribution in [3.05, 3.63) is 118 Å². The Morgan fingerprint density at radius 1 is 0.554 bits per heavy atom. The predicted octanol–water partition coefficient (Wildman–Crippen LogP) is 8.21. The van der Waals surface area contributed by atoms with Gasteiger partial charge in [-0.3, -0.25) is 19.9 Å². The van der Waals surface area contributed by atoms with Crippen molar-refractivity contribution in [2.45, 2.75) is 34.6 Å². The number of aryl methyl sites for hydroxylation is 3. The second-order valence-corrected chi connectivity index (χ2v) is 19.7. The van der Waals surface area contributed by atoms with Gasteiger partial charge in [-0.05, 0) is 73.9 Å². The van der Waals surface area contributed by atoms with Gasteiger partial charge in [-0.15, -0.1) is 0 Å². The predicted molar refractivity (Wildman–Crippen MR) is 328 cm³/mol. The summed E-state index contributed by atoms with van der Waals surface area (Å²) in [6, 6.07) is 22.1. The van der Waals surface area contributed by atoms with E-state index in [1.807, 2.05) is 56.3 Å². The number of anilines is 6. The zero-order valence-electron chi connectivity index (χ0n) is 49.5. The maximum absolute atomic E-state index is 8.81. The van der Waals surface area contributed by atoms with Crippen LogP contribution in [0.15, 0.2) is 91.5 Å². The van der Waals surface area contributed by atoms with Gasteiger partial charge in [-0.1, -0.05) is 45.2 Å². The molecule has 4 aromatic carbocycles. The molecule has 4 saturated heterocycles. The van der Waals surface area contributed by atoms with Crippen molar-refractivity contribution in [3.63, 3.8) is 0 Å². The molecular weight excluding hydrogens is 1060 g/mol. The molecular formula is C60H83N13O10. The number of rotatable bonds is 20. The molecule has 23 nitrogen and oxygen atoms in total. The van der Waals surface area contributed by atoms with E-state index in [1.165, 1.54) is 11.1 Å². The highest BCUT2D eigenvalue weighted by atomic mass is 16.6. The molecule has 0 bridgehead atoms. The van der Waals surface area contributed by atoms with E-state index in [-0.39, 0.29) is 0 Å². The largest absolute Gasteiger partial charge is 0.493 e. The van der Waals surface area contributed by atoms with E-state index in [2.05, 4.69) is 99.1 Å². The number of benzene rings is 4. The molecule has 6 heterocycles. The first-order valence-corrected chi connectivity index (χ1v) is 28.3. The summed E-state index contributed by atoms with van der Waals surface area (Å²) in [5, 5.41) is 23.9. The number of fused-ring (bicyclic) bond motifs is 2. The number of nitrogens with one attached hydrogen (secondary N) is 4. The first-order chi connectivity index (χ1) is 40.3. The highest BCUT2D eigenvalue weighted by molar-refractivity contribution is 5.94. The molecule has 0 amide bonds. The van der Waals surface area contributed by atoms with Gasteiger partial charge >= 0.3 is 0 Å². The second kappa shape index (κ2) is 32.2. The third-order valence-corrected chi connectivity index (χ3v) is 13.7. The zero-order chi connectivity index (χ0) is 59.1. The van der Waals surface area contributed by atoms with E-state index in [4.69, 9.17) is 67.9 Å². The maximum atomic E-state index is 8.81. The Kier molecular flexibility index (Phi) is 24.3. The molecule has 4 N–H and O–H groups in total. The number of aromatic nitrogens is 4. The minimum Gasteiger partial charge on any atom is -0.493 e. The van der Waals surface area contributed by atoms with Crippen LogP contribution in [0, 0.1) is 30.9 Å². The van der Waals surface area contributed by atoms with Crippen molar-refractivity contribution in [2.24, 2.45) is 0 Å². The molecule has 23 heteroatoms. The first kappa shape index (κ1) is 62.8. The first-order valence-electron chi connectivity index (χ1n) is 28.3. The Morgan fingerprint density at radius 2 is 0.964 bits per heavy atom. The molecule has 4 aliphatic rings. The van der Waals surface area contributed by atoms with E-state index in [1.54, 1.807) is 14.2 Å². The summed E-state index contributed by atoms with van der Waals surface area (Å²) in [4.78, 5) is 36.8. The SMILES string of the molecule is C=C(Nc1ccc(C)c(C)c1)Nc1nc(N2CCOCC2)nc2cc(OC)c(OCCN3CCOCC3)cc12.C=C(Nc1cccc(C)c1)Nc1nc(N2CCOCC2)nc2cc(OC)c(OCCN3CCOCC3)cc12.CC.C[N+](=O)[O-]. The lowest BCUT2D eigenvalue weighted by atomic mass is 10.1. The summed E-state index contributed by atoms with van der Waals surface area (Å²) in [5.41, 5.74) is 7.03. The van der Waals surface area contributed by atoms with Crippen LogP contribution in [0.2, 0.25) is 0 Å². The molecule has 448 valence electrons. The van der Waals surface area contributed by atoms with Gasteiger partial charge in [0, 0.05) is 105 Å². The van der Waals surface area contributed by atoms with Crippen LogP contribution in [0.25, 0.3) is 21.8 Å². The average molecular weight is 1150 g/mol. The normalized spacial score (nSPS) is 15.5. The zero-order valence-corrected chi connectivity index (χ0v) is 49.5. The Hall–Kier alpha value is -7.80. The number of methoxy groups -OCH3 is 2. The van der Waals surface area contributed by atoms with Crippen LogP contribution in [-0.4, -0.2) is 187 Å². The van der Waals surface area contributed by atoms with Crippen LogP contribution < -0.4 is 50.0 Å². The molecule has 0 aliphatic carbocycles. The smallest absolute Gasteiger partial charge is 0.228 e. The fraction of sp³-hybridized carbons (Fsp3) is 0.467. The summed E-state index contributed by atoms with van der Waals surface area (Å²) in [6.45, 7) is 33.6. The number of nitrogens with zero attached hydrogens (tertiary/aromatic N) is 9. The topological polar surface area (TPSA) is 230 Å². The van der Waals surface area contributed by atoms with Crippen LogP contribution in [0.4, 0.5) is 34.9 Å². The van der Waals surface area contributed by atoms with Gasteiger partial charge in [0.05, 0.1) is 78.1 Å². The van der Waals surface area contributed by atoms with Gasteiger partial charge in [0.2, 0.25) is 11.9 Å². The molecule has 0 radical (unpaired) electrons. The van der Waals surface area contributed by atoms with Gasteiger partial charge in [0.1, 0.15) is 36.5 Å². The van der Waals surface area contributed by atoms with E-state index < -0.39 is 4.92 Å². The number of morpholine rings is 4. The van der Waals surface area contributed by atoms with Crippen LogP contribution >= 0.6 is 0 Å². The number of ether oxygens (including phenoxy) is 8. The molecule has 2 aromatic heterocycles. The van der Waals surface area contributed by atoms with Gasteiger partial charge in [0.25, 0.3) is 0 Å². The summed E-state index contributed by atoms with van der Waals surface area (Å²) in [7, 11) is 4.18. The van der Waals surface area contributed by atoms with E-state index in [9.17, 15) is 0 Å². The molecule has 0 unspecified atom stereocenters. The summed E-state index contributed by atoms with van der Waals surface area (Å²) in [5.74, 6) is 6.33. The fourth-order valence-electron chi connectivity index (χ4n) is 9.25. The lowest BCUT2D eigenvalue weighted by Gasteiger charge is -2.28. The summed E-state index contributed by atoms with van der Waals surface area (Å²) in [6.07, 6.45) is 0. The van der Waals surface area contributed by atoms with Crippen LogP contribution in [0.1, 0.15) is 30.5 Å². The van der Waals surface area contributed by atoms with Crippen LogP contribution in [0.3, 0.4) is 0 Å². The number of hydrogen-bond donors (Lipinski definition) is 4. The van der Waals surface area contributed by atoms with Crippen molar-refractivity contribution >= 4 is 56.7 Å². The molecule has 0 atom stereocenters. The monoisotopic (exact) mass is 1150 g/mol. The van der Waals surface area contributed by atoms with E-state index in [0.29, 0.717) is 97.8 Å². The highest BCUT2D eigenvalue weighted by Crippen LogP contribution is 2.38. The Labute approximate surface area is 487 Å². The molecule has 6 aromatic rings. The van der Waals surface area contributed by atoms with Gasteiger partial charge in [0.15, 0.2) is 30.0 Å². The van der Waals surface area contributed by atoms with Crippen molar-refractivity contribution in [2.75, 3.05) is 184 Å².